The molecule has 0 saturated carbocycles. The molecule has 5 rings (SSSR count). The van der Waals surface area contributed by atoms with E-state index in [1.54, 1.807) is 11.3 Å². The minimum absolute atomic E-state index is 0. The van der Waals surface area contributed by atoms with Gasteiger partial charge in [0.05, 0.1) is 4.88 Å². The zero-order chi connectivity index (χ0) is 16.4. The second-order valence-corrected chi connectivity index (χ2v) is 7.56. The quantitative estimate of drug-likeness (QED) is 0.863. The molecular formula is C19H23ClN2O2S. The Balaban J connectivity index is 0.00000182. The van der Waals surface area contributed by atoms with Gasteiger partial charge in [-0.05, 0) is 54.8 Å². The lowest BCUT2D eigenvalue weighted by molar-refractivity contribution is 0.0513. The smallest absolute Gasteiger partial charge is 0.409 e. The van der Waals surface area contributed by atoms with Crippen molar-refractivity contribution in [2.24, 2.45) is 11.8 Å². The Morgan fingerprint density at radius 3 is 2.64 bits per heavy atom. The number of nitrogens with zero attached hydrogens (tertiary/aromatic N) is 1. The highest BCUT2D eigenvalue weighted by molar-refractivity contribution is 7.14. The van der Waals surface area contributed by atoms with Gasteiger partial charge in [0, 0.05) is 13.1 Å². The van der Waals surface area contributed by atoms with Crippen LogP contribution in [0.2, 0.25) is 0 Å². The molecule has 25 heavy (non-hydrogen) atoms. The van der Waals surface area contributed by atoms with E-state index in [9.17, 15) is 4.79 Å². The Morgan fingerprint density at radius 2 is 1.96 bits per heavy atom. The zero-order valence-electron chi connectivity index (χ0n) is 14.0. The van der Waals surface area contributed by atoms with Gasteiger partial charge in [-0.3, -0.25) is 0 Å². The fraction of sp³-hybridized carbons (Fsp3) is 0.421. The standard InChI is InChI=1S/C19H22N2O2S.ClH/c22-19(20-12-16-13-21-9-6-14(16)7-10-21)23-17-8-11-24-18(17)15-4-2-1-3-5-15;/h1-5,8,11,14,16H,6-7,9-10,12-13H2,(H,20,22);1H. The molecule has 1 N–H and O–H groups in total. The van der Waals surface area contributed by atoms with E-state index in [2.05, 4.69) is 10.2 Å². The third kappa shape index (κ3) is 4.17. The van der Waals surface area contributed by atoms with E-state index in [0.717, 1.165) is 22.9 Å². The first-order valence-corrected chi connectivity index (χ1v) is 9.48. The molecule has 4 nitrogen and oxygen atoms in total. The molecule has 3 aliphatic heterocycles. The van der Waals surface area contributed by atoms with Gasteiger partial charge in [0.2, 0.25) is 0 Å². The van der Waals surface area contributed by atoms with Crippen molar-refractivity contribution in [1.82, 2.24) is 10.2 Å². The Bertz CT molecular complexity index is 698. The van der Waals surface area contributed by atoms with Crippen LogP contribution in [0, 0.1) is 11.8 Å². The topological polar surface area (TPSA) is 41.6 Å². The molecule has 1 amide bonds. The van der Waals surface area contributed by atoms with Crippen LogP contribution in [0.3, 0.4) is 0 Å². The molecule has 134 valence electrons. The molecule has 3 saturated heterocycles. The van der Waals surface area contributed by atoms with Gasteiger partial charge in [-0.15, -0.1) is 23.7 Å². The maximum absolute atomic E-state index is 12.2. The summed E-state index contributed by atoms with van der Waals surface area (Å²) in [6, 6.07) is 11.9. The van der Waals surface area contributed by atoms with Crippen LogP contribution in [0.5, 0.6) is 5.75 Å². The van der Waals surface area contributed by atoms with E-state index in [1.165, 1.54) is 25.9 Å². The van der Waals surface area contributed by atoms with Gasteiger partial charge < -0.3 is 15.0 Å². The Hall–Kier alpha value is -1.56. The molecule has 4 heterocycles. The number of hydrogen-bond acceptors (Lipinski definition) is 4. The van der Waals surface area contributed by atoms with Crippen molar-refractivity contribution in [1.29, 1.82) is 0 Å². The Labute approximate surface area is 158 Å². The molecular weight excluding hydrogens is 356 g/mol. The summed E-state index contributed by atoms with van der Waals surface area (Å²) < 4.78 is 5.56. The maximum Gasteiger partial charge on any atom is 0.412 e. The largest absolute Gasteiger partial charge is 0.412 e. The third-order valence-corrected chi connectivity index (χ3v) is 6.11. The summed E-state index contributed by atoms with van der Waals surface area (Å²) >= 11 is 1.59. The lowest BCUT2D eigenvalue weighted by atomic mass is 9.79. The first kappa shape index (κ1) is 18.2. The number of nitrogens with one attached hydrogen (secondary N) is 1. The van der Waals surface area contributed by atoms with Crippen molar-refractivity contribution in [3.63, 3.8) is 0 Å². The lowest BCUT2D eigenvalue weighted by Gasteiger charge is -2.44. The predicted molar refractivity (Wildman–Crippen MR) is 104 cm³/mol. The van der Waals surface area contributed by atoms with Gasteiger partial charge in [0.25, 0.3) is 0 Å². The zero-order valence-corrected chi connectivity index (χ0v) is 15.7. The van der Waals surface area contributed by atoms with E-state index >= 15 is 0 Å². The van der Waals surface area contributed by atoms with Crippen LogP contribution < -0.4 is 10.1 Å². The molecule has 0 radical (unpaired) electrons. The second-order valence-electron chi connectivity index (χ2n) is 6.65. The Kier molecular flexibility index (Phi) is 5.99. The highest BCUT2D eigenvalue weighted by Gasteiger charge is 2.34. The number of rotatable bonds is 4. The maximum atomic E-state index is 12.2. The average Bonchev–Trinajstić information content (AvgIpc) is 3.10. The first-order valence-electron chi connectivity index (χ1n) is 8.60. The van der Waals surface area contributed by atoms with Crippen LogP contribution >= 0.6 is 23.7 Å². The van der Waals surface area contributed by atoms with Crippen molar-refractivity contribution in [2.45, 2.75) is 12.8 Å². The van der Waals surface area contributed by atoms with Crippen LogP contribution in [0.25, 0.3) is 10.4 Å². The van der Waals surface area contributed by atoms with E-state index in [1.807, 2.05) is 41.8 Å². The predicted octanol–water partition coefficient (Wildman–Crippen LogP) is 4.27. The third-order valence-electron chi connectivity index (χ3n) is 5.17. The van der Waals surface area contributed by atoms with Crippen molar-refractivity contribution in [3.05, 3.63) is 41.8 Å². The number of piperidine rings is 3. The molecule has 3 fully saturated rings. The van der Waals surface area contributed by atoms with Crippen molar-refractivity contribution in [2.75, 3.05) is 26.2 Å². The van der Waals surface area contributed by atoms with E-state index in [4.69, 9.17) is 4.74 Å². The summed E-state index contributed by atoms with van der Waals surface area (Å²) in [5.74, 6) is 1.96. The number of ether oxygens (including phenoxy) is 1. The van der Waals surface area contributed by atoms with Gasteiger partial charge in [-0.2, -0.15) is 0 Å². The minimum Gasteiger partial charge on any atom is -0.409 e. The molecule has 2 bridgehead atoms. The molecule has 0 spiro atoms. The fourth-order valence-electron chi connectivity index (χ4n) is 3.85. The summed E-state index contributed by atoms with van der Waals surface area (Å²) in [6.45, 7) is 4.27. The number of hydrogen-bond donors (Lipinski definition) is 1. The average molecular weight is 379 g/mol. The van der Waals surface area contributed by atoms with E-state index < -0.39 is 0 Å². The van der Waals surface area contributed by atoms with Crippen LogP contribution in [0.4, 0.5) is 4.79 Å². The van der Waals surface area contributed by atoms with Gasteiger partial charge >= 0.3 is 6.09 Å². The van der Waals surface area contributed by atoms with E-state index in [-0.39, 0.29) is 18.5 Å². The number of benzene rings is 1. The molecule has 1 unspecified atom stereocenters. The molecule has 0 aliphatic carbocycles. The number of carbonyl (C=O) groups is 1. The van der Waals surface area contributed by atoms with Crippen molar-refractivity contribution >= 4 is 29.8 Å². The molecule has 2 aromatic rings. The molecule has 3 aliphatic rings. The Morgan fingerprint density at radius 1 is 1.20 bits per heavy atom. The molecule has 1 aromatic heterocycles. The summed E-state index contributed by atoms with van der Waals surface area (Å²) in [5, 5.41) is 4.93. The SMILES string of the molecule is Cl.O=C(NCC1CN2CCC1CC2)Oc1ccsc1-c1ccccc1. The van der Waals surface area contributed by atoms with Crippen LogP contribution in [-0.4, -0.2) is 37.2 Å². The molecule has 1 atom stereocenters. The number of thiophene rings is 1. The first-order chi connectivity index (χ1) is 11.8. The number of amides is 1. The van der Waals surface area contributed by atoms with Crippen LogP contribution in [0.1, 0.15) is 12.8 Å². The van der Waals surface area contributed by atoms with Crippen LogP contribution in [-0.2, 0) is 0 Å². The van der Waals surface area contributed by atoms with Gasteiger partial charge in [0.15, 0.2) is 5.75 Å². The fourth-order valence-corrected chi connectivity index (χ4v) is 4.67. The summed E-state index contributed by atoms with van der Waals surface area (Å²) in [5.41, 5.74) is 1.08. The van der Waals surface area contributed by atoms with Crippen molar-refractivity contribution < 1.29 is 9.53 Å². The van der Waals surface area contributed by atoms with Gasteiger partial charge in [-0.1, -0.05) is 30.3 Å². The molecule has 1 aromatic carbocycles. The van der Waals surface area contributed by atoms with Gasteiger partial charge in [-0.25, -0.2) is 4.79 Å². The monoisotopic (exact) mass is 378 g/mol. The lowest BCUT2D eigenvalue weighted by Crippen LogP contribution is -2.51. The van der Waals surface area contributed by atoms with Crippen molar-refractivity contribution in [3.8, 4) is 16.2 Å². The summed E-state index contributed by atoms with van der Waals surface area (Å²) in [6.07, 6.45) is 2.19. The minimum atomic E-state index is -0.345. The highest BCUT2D eigenvalue weighted by atomic mass is 35.5. The number of carbonyl (C=O) groups excluding carboxylic acids is 1. The number of fused-ring (bicyclic) bond motifs is 3. The van der Waals surface area contributed by atoms with E-state index in [0.29, 0.717) is 18.2 Å². The van der Waals surface area contributed by atoms with Gasteiger partial charge in [0.1, 0.15) is 0 Å². The summed E-state index contributed by atoms with van der Waals surface area (Å²) in [4.78, 5) is 15.7. The summed E-state index contributed by atoms with van der Waals surface area (Å²) in [7, 11) is 0. The molecule has 6 heteroatoms. The highest BCUT2D eigenvalue weighted by Crippen LogP contribution is 2.35. The van der Waals surface area contributed by atoms with Crippen LogP contribution in [0.15, 0.2) is 41.8 Å². The normalized spacial score (nSPS) is 24.4. The number of halogens is 1. The second kappa shape index (κ2) is 8.21.